The summed E-state index contributed by atoms with van der Waals surface area (Å²) in [5.74, 6) is 2.77. The average Bonchev–Trinajstić information content (AvgIpc) is 2.87. The fourth-order valence-electron chi connectivity index (χ4n) is 5.43. The Morgan fingerprint density at radius 2 is 1.18 bits per heavy atom. The molecule has 0 aliphatic heterocycles. The first-order valence-corrected chi connectivity index (χ1v) is 14.2. The van der Waals surface area contributed by atoms with Gasteiger partial charge in [-0.2, -0.15) is 0 Å². The summed E-state index contributed by atoms with van der Waals surface area (Å²) in [4.78, 5) is 9.37. The van der Waals surface area contributed by atoms with E-state index < -0.39 is 0 Å². The van der Waals surface area contributed by atoms with Crippen molar-refractivity contribution >= 4 is 0 Å². The average molecular weight is 449 g/mol. The molecule has 0 bridgehead atoms. The van der Waals surface area contributed by atoms with Crippen LogP contribution in [0.25, 0.3) is 11.4 Å². The maximum atomic E-state index is 4.68. The second kappa shape index (κ2) is 15.3. The van der Waals surface area contributed by atoms with Crippen LogP contribution >= 0.6 is 0 Å². The summed E-state index contributed by atoms with van der Waals surface area (Å²) >= 11 is 0. The Labute approximate surface area is 204 Å². The van der Waals surface area contributed by atoms with Crippen molar-refractivity contribution in [3.63, 3.8) is 0 Å². The zero-order valence-corrected chi connectivity index (χ0v) is 21.5. The zero-order chi connectivity index (χ0) is 23.1. The number of unbranched alkanes of at least 4 members (excludes halogenated alkanes) is 7. The Bertz CT molecular complexity index is 741. The SMILES string of the molecule is CCCCCCC[C@H]1CC[C@H](CCc2cnc(-c3ccc(CCCCCC)cc3)nc2)CC1. The number of aryl methyl sites for hydroxylation is 2. The van der Waals surface area contributed by atoms with Gasteiger partial charge in [-0.3, -0.25) is 0 Å². The fraction of sp³-hybridized carbons (Fsp3) is 0.677. The van der Waals surface area contributed by atoms with Crippen molar-refractivity contribution in [3.05, 3.63) is 47.8 Å². The third-order valence-electron chi connectivity index (χ3n) is 7.76. The van der Waals surface area contributed by atoms with Gasteiger partial charge in [-0.15, -0.1) is 0 Å². The quantitative estimate of drug-likeness (QED) is 0.254. The molecule has 0 spiro atoms. The van der Waals surface area contributed by atoms with Crippen molar-refractivity contribution < 1.29 is 0 Å². The van der Waals surface area contributed by atoms with E-state index in [2.05, 4.69) is 60.5 Å². The molecule has 182 valence electrons. The monoisotopic (exact) mass is 448 g/mol. The van der Waals surface area contributed by atoms with Gasteiger partial charge < -0.3 is 0 Å². The first-order valence-electron chi connectivity index (χ1n) is 14.2. The number of hydrogen-bond acceptors (Lipinski definition) is 2. The predicted octanol–water partition coefficient (Wildman–Crippen LogP) is 9.37. The van der Waals surface area contributed by atoms with Crippen LogP contribution in [-0.2, 0) is 12.8 Å². The molecule has 2 nitrogen and oxygen atoms in total. The summed E-state index contributed by atoms with van der Waals surface area (Å²) in [5.41, 5.74) is 3.86. The van der Waals surface area contributed by atoms with Gasteiger partial charge in [-0.05, 0) is 48.6 Å². The standard InChI is InChI=1S/C31H48N2/c1-3-5-7-9-11-13-26-14-16-28(17-15-26)18-19-29-24-32-31(33-25-29)30-22-20-27(21-23-30)12-10-8-6-4-2/h20-26,28H,3-19H2,1-2H3/t26-,28-. The highest BCUT2D eigenvalue weighted by molar-refractivity contribution is 5.55. The molecule has 0 radical (unpaired) electrons. The molecule has 0 amide bonds. The van der Waals surface area contributed by atoms with Gasteiger partial charge in [0.2, 0.25) is 0 Å². The molecular weight excluding hydrogens is 400 g/mol. The minimum absolute atomic E-state index is 0.857. The van der Waals surface area contributed by atoms with E-state index in [4.69, 9.17) is 0 Å². The van der Waals surface area contributed by atoms with Crippen LogP contribution in [0.4, 0.5) is 0 Å². The van der Waals surface area contributed by atoms with E-state index in [9.17, 15) is 0 Å². The van der Waals surface area contributed by atoms with E-state index in [1.54, 1.807) is 0 Å². The van der Waals surface area contributed by atoms with Crippen molar-refractivity contribution in [2.75, 3.05) is 0 Å². The zero-order valence-electron chi connectivity index (χ0n) is 21.5. The van der Waals surface area contributed by atoms with Gasteiger partial charge in [0, 0.05) is 18.0 Å². The fourth-order valence-corrected chi connectivity index (χ4v) is 5.43. The molecule has 0 saturated heterocycles. The Balaban J connectivity index is 1.35. The van der Waals surface area contributed by atoms with Gasteiger partial charge in [0.1, 0.15) is 0 Å². The van der Waals surface area contributed by atoms with E-state index in [1.807, 2.05) is 0 Å². The molecule has 1 aromatic carbocycles. The van der Waals surface area contributed by atoms with Crippen LogP contribution in [0.2, 0.25) is 0 Å². The third kappa shape index (κ3) is 9.59. The van der Waals surface area contributed by atoms with Crippen molar-refractivity contribution in [2.45, 2.75) is 123 Å². The van der Waals surface area contributed by atoms with Gasteiger partial charge in [-0.1, -0.05) is 122 Å². The normalized spacial score (nSPS) is 18.5. The second-order valence-electron chi connectivity index (χ2n) is 10.6. The first kappa shape index (κ1) is 25.9. The molecule has 33 heavy (non-hydrogen) atoms. The van der Waals surface area contributed by atoms with E-state index in [1.165, 1.54) is 114 Å². The summed E-state index contributed by atoms with van der Waals surface area (Å²) in [7, 11) is 0. The van der Waals surface area contributed by atoms with Crippen molar-refractivity contribution in [1.82, 2.24) is 9.97 Å². The molecule has 1 aliphatic rings. The highest BCUT2D eigenvalue weighted by Crippen LogP contribution is 2.34. The smallest absolute Gasteiger partial charge is 0.159 e. The third-order valence-corrected chi connectivity index (χ3v) is 7.76. The van der Waals surface area contributed by atoms with E-state index in [0.717, 1.165) is 29.6 Å². The Morgan fingerprint density at radius 1 is 0.606 bits per heavy atom. The van der Waals surface area contributed by atoms with Crippen LogP contribution in [0.15, 0.2) is 36.7 Å². The molecule has 1 aliphatic carbocycles. The molecule has 1 fully saturated rings. The summed E-state index contributed by atoms with van der Waals surface area (Å²) < 4.78 is 0. The summed E-state index contributed by atoms with van der Waals surface area (Å²) in [6.07, 6.45) is 27.4. The van der Waals surface area contributed by atoms with Crippen molar-refractivity contribution in [2.24, 2.45) is 11.8 Å². The Morgan fingerprint density at radius 3 is 1.82 bits per heavy atom. The van der Waals surface area contributed by atoms with E-state index >= 15 is 0 Å². The number of aromatic nitrogens is 2. The molecule has 1 saturated carbocycles. The minimum Gasteiger partial charge on any atom is -0.236 e. The van der Waals surface area contributed by atoms with Crippen LogP contribution < -0.4 is 0 Å². The van der Waals surface area contributed by atoms with Crippen LogP contribution in [0.1, 0.15) is 121 Å². The molecular formula is C31H48N2. The minimum atomic E-state index is 0.857. The van der Waals surface area contributed by atoms with E-state index in [0.29, 0.717) is 0 Å². The largest absolute Gasteiger partial charge is 0.236 e. The Hall–Kier alpha value is -1.70. The van der Waals surface area contributed by atoms with Gasteiger partial charge in [0.25, 0.3) is 0 Å². The Kier molecular flexibility index (Phi) is 12.0. The van der Waals surface area contributed by atoms with Crippen molar-refractivity contribution in [3.8, 4) is 11.4 Å². The number of benzene rings is 1. The molecule has 0 unspecified atom stereocenters. The maximum absolute atomic E-state index is 4.68. The van der Waals surface area contributed by atoms with Crippen molar-refractivity contribution in [1.29, 1.82) is 0 Å². The highest BCUT2D eigenvalue weighted by Gasteiger charge is 2.20. The van der Waals surface area contributed by atoms with Crippen LogP contribution in [0.5, 0.6) is 0 Å². The highest BCUT2D eigenvalue weighted by atomic mass is 14.9. The second-order valence-corrected chi connectivity index (χ2v) is 10.6. The van der Waals surface area contributed by atoms with Crippen LogP contribution in [0, 0.1) is 11.8 Å². The maximum Gasteiger partial charge on any atom is 0.159 e. The lowest BCUT2D eigenvalue weighted by molar-refractivity contribution is 0.248. The van der Waals surface area contributed by atoms with Crippen LogP contribution in [-0.4, -0.2) is 9.97 Å². The number of hydrogen-bond donors (Lipinski definition) is 0. The lowest BCUT2D eigenvalue weighted by atomic mass is 9.78. The molecule has 1 aromatic heterocycles. The van der Waals surface area contributed by atoms with Gasteiger partial charge in [0.15, 0.2) is 5.82 Å². The lowest BCUT2D eigenvalue weighted by Gasteiger charge is -2.28. The van der Waals surface area contributed by atoms with Gasteiger partial charge >= 0.3 is 0 Å². The first-order chi connectivity index (χ1) is 16.3. The van der Waals surface area contributed by atoms with Crippen LogP contribution in [0.3, 0.4) is 0 Å². The lowest BCUT2D eigenvalue weighted by Crippen LogP contribution is -2.15. The molecule has 2 heteroatoms. The number of nitrogens with zero attached hydrogens (tertiary/aromatic N) is 2. The van der Waals surface area contributed by atoms with E-state index in [-0.39, 0.29) is 0 Å². The summed E-state index contributed by atoms with van der Waals surface area (Å²) in [6.45, 7) is 4.57. The molecule has 1 heterocycles. The van der Waals surface area contributed by atoms with Gasteiger partial charge in [0.05, 0.1) is 0 Å². The molecule has 2 aromatic rings. The molecule has 3 rings (SSSR count). The van der Waals surface area contributed by atoms with Gasteiger partial charge in [-0.25, -0.2) is 9.97 Å². The molecule has 0 N–H and O–H groups in total. The molecule has 0 atom stereocenters. The predicted molar refractivity (Wildman–Crippen MR) is 142 cm³/mol. The summed E-state index contributed by atoms with van der Waals surface area (Å²) in [6, 6.07) is 8.87. The topological polar surface area (TPSA) is 25.8 Å². The number of rotatable bonds is 15. The summed E-state index contributed by atoms with van der Waals surface area (Å²) in [5, 5.41) is 0.